The Bertz CT molecular complexity index is 650. The lowest BCUT2D eigenvalue weighted by atomic mass is 10.3. The van der Waals surface area contributed by atoms with Crippen LogP contribution in [-0.2, 0) is 28.0 Å². The highest BCUT2D eigenvalue weighted by atomic mass is 32.2. The lowest BCUT2D eigenvalue weighted by molar-refractivity contribution is -0.384. The monoisotopic (exact) mass is 354 g/mol. The Morgan fingerprint density at radius 3 is 2.09 bits per heavy atom. The van der Waals surface area contributed by atoms with E-state index in [0.717, 1.165) is 24.3 Å². The summed E-state index contributed by atoms with van der Waals surface area (Å²) in [4.78, 5) is 9.48. The molecule has 0 spiro atoms. The predicted molar refractivity (Wildman–Crippen MR) is 75.4 cm³/mol. The minimum Gasteiger partial charge on any atom is -0.296 e. The molecule has 0 heterocycles. The zero-order chi connectivity index (χ0) is 16.8. The Balaban J connectivity index is 2.86. The molecule has 0 saturated heterocycles. The highest BCUT2D eigenvalue weighted by Gasteiger charge is 2.28. The summed E-state index contributed by atoms with van der Waals surface area (Å²) >= 11 is 0. The van der Waals surface area contributed by atoms with Gasteiger partial charge >= 0.3 is 17.9 Å². The number of nitro benzene ring substituents is 1. The average Bonchev–Trinajstić information content (AvgIpc) is 2.46. The van der Waals surface area contributed by atoms with Gasteiger partial charge in [-0.15, -0.1) is 0 Å². The van der Waals surface area contributed by atoms with Gasteiger partial charge in [-0.25, -0.2) is 4.57 Å². The first-order chi connectivity index (χ1) is 10.2. The lowest BCUT2D eigenvalue weighted by Gasteiger charge is -2.16. The van der Waals surface area contributed by atoms with E-state index in [9.17, 15) is 23.1 Å². The molecule has 0 aromatic heterocycles. The van der Waals surface area contributed by atoms with Crippen LogP contribution in [0.2, 0.25) is 0 Å². The van der Waals surface area contributed by atoms with Crippen molar-refractivity contribution >= 4 is 23.6 Å². The molecule has 1 N–H and O–H groups in total. The number of non-ortho nitro benzene ring substituents is 1. The number of rotatable bonds is 9. The van der Waals surface area contributed by atoms with Gasteiger partial charge in [0.05, 0.1) is 23.0 Å². The fourth-order valence-electron chi connectivity index (χ4n) is 1.31. The molecule has 0 unspecified atom stereocenters. The van der Waals surface area contributed by atoms with Crippen molar-refractivity contribution in [3.05, 3.63) is 34.4 Å². The van der Waals surface area contributed by atoms with Crippen molar-refractivity contribution in [1.82, 2.24) is 5.25 Å². The van der Waals surface area contributed by atoms with E-state index >= 15 is 0 Å². The van der Waals surface area contributed by atoms with Crippen molar-refractivity contribution in [1.29, 1.82) is 0 Å². The number of nitrogens with zero attached hydrogens (tertiary/aromatic N) is 1. The quantitative estimate of drug-likeness (QED) is 0.401. The highest BCUT2D eigenvalue weighted by Crippen LogP contribution is 2.43. The molecule has 124 valence electrons. The van der Waals surface area contributed by atoms with E-state index < -0.39 is 22.8 Å². The third kappa shape index (κ3) is 5.13. The maximum atomic E-state index is 12.0. The predicted octanol–water partition coefficient (Wildman–Crippen LogP) is 1.99. The molecule has 0 aliphatic carbocycles. The normalized spacial score (nSPS) is 12.3. The van der Waals surface area contributed by atoms with Gasteiger partial charge < -0.3 is 0 Å². The van der Waals surface area contributed by atoms with Gasteiger partial charge in [-0.2, -0.15) is 12.7 Å². The second kappa shape index (κ2) is 7.77. The maximum absolute atomic E-state index is 12.0. The first-order valence-electron chi connectivity index (χ1n) is 6.08. The molecule has 0 aliphatic rings. The lowest BCUT2D eigenvalue weighted by Crippen LogP contribution is -2.20. The second-order valence-electron chi connectivity index (χ2n) is 3.71. The van der Waals surface area contributed by atoms with Crippen LogP contribution in [0.3, 0.4) is 0 Å². The molecule has 0 bridgehead atoms. The van der Waals surface area contributed by atoms with Crippen LogP contribution in [-0.4, -0.2) is 26.6 Å². The zero-order valence-corrected chi connectivity index (χ0v) is 13.5. The summed E-state index contributed by atoms with van der Waals surface area (Å²) in [5.74, 6) is 0. The molecule has 0 amide bonds. The fourth-order valence-corrected chi connectivity index (χ4v) is 3.49. The number of hydrogen-bond donors (Lipinski definition) is 1. The number of nitrogens with one attached hydrogen (secondary N) is 1. The minimum atomic E-state index is -4.34. The summed E-state index contributed by atoms with van der Waals surface area (Å²) in [5, 5.41) is 12.3. The van der Waals surface area contributed by atoms with E-state index in [1.54, 1.807) is 5.25 Å². The Morgan fingerprint density at radius 1 is 1.18 bits per heavy atom. The molecule has 0 aliphatic heterocycles. The Morgan fingerprint density at radius 2 is 1.68 bits per heavy atom. The molecular formula is C10H15N2O8PS. The molecule has 10 nitrogen and oxygen atoms in total. The summed E-state index contributed by atoms with van der Waals surface area (Å²) in [7, 11) is -8.26. The summed E-state index contributed by atoms with van der Waals surface area (Å²) in [5.41, 5.74) is -0.277. The van der Waals surface area contributed by atoms with Crippen LogP contribution in [0, 0.1) is 10.1 Å². The van der Waals surface area contributed by atoms with Gasteiger partial charge in [-0.3, -0.25) is 19.2 Å². The molecule has 1 aromatic carbocycles. The van der Waals surface area contributed by atoms with Gasteiger partial charge in [-0.05, 0) is 26.0 Å². The third-order valence-electron chi connectivity index (χ3n) is 2.19. The van der Waals surface area contributed by atoms with Crippen LogP contribution >= 0.6 is 7.75 Å². The smallest absolute Gasteiger partial charge is 0.296 e. The molecule has 0 fully saturated rings. The van der Waals surface area contributed by atoms with Gasteiger partial charge in [0.1, 0.15) is 0 Å². The largest absolute Gasteiger partial charge is 0.429 e. The van der Waals surface area contributed by atoms with E-state index in [-0.39, 0.29) is 23.8 Å². The SMILES string of the molecule is CCOP(=O)(NOS(=O)(=O)c1ccc([N+](=O)[O-])cc1)OCC. The first-order valence-corrected chi connectivity index (χ1v) is 9.03. The molecule has 0 saturated carbocycles. The standard InChI is InChI=1S/C10H15N2O8PS/c1-3-18-21(15,19-4-2)11-20-22(16,17)10-7-5-9(6-8-10)12(13)14/h5-8H,3-4H2,1-2H3,(H,11,15). The molecule has 22 heavy (non-hydrogen) atoms. The molecule has 0 radical (unpaired) electrons. The molecular weight excluding hydrogens is 339 g/mol. The number of hydrogen-bond acceptors (Lipinski definition) is 8. The van der Waals surface area contributed by atoms with Gasteiger partial charge in [-0.1, -0.05) is 5.25 Å². The summed E-state index contributed by atoms with van der Waals surface area (Å²) in [6.45, 7) is 3.09. The van der Waals surface area contributed by atoms with Crippen LogP contribution < -0.4 is 5.25 Å². The van der Waals surface area contributed by atoms with Crippen molar-refractivity contribution in [2.24, 2.45) is 0 Å². The maximum Gasteiger partial charge on any atom is 0.429 e. The highest BCUT2D eigenvalue weighted by molar-refractivity contribution is 7.86. The zero-order valence-electron chi connectivity index (χ0n) is 11.8. The van der Waals surface area contributed by atoms with Crippen molar-refractivity contribution in [3.8, 4) is 0 Å². The van der Waals surface area contributed by atoms with Gasteiger partial charge in [0, 0.05) is 12.1 Å². The van der Waals surface area contributed by atoms with E-state index in [4.69, 9.17) is 9.05 Å². The molecule has 1 rings (SSSR count). The van der Waals surface area contributed by atoms with Crippen LogP contribution in [0.15, 0.2) is 29.2 Å². The summed E-state index contributed by atoms with van der Waals surface area (Å²) in [6, 6.07) is 3.98. The Kier molecular flexibility index (Phi) is 6.60. The minimum absolute atomic E-state index is 0.00518. The van der Waals surface area contributed by atoms with Crippen LogP contribution in [0.5, 0.6) is 0 Å². The van der Waals surface area contributed by atoms with Gasteiger partial charge in [0.2, 0.25) is 0 Å². The van der Waals surface area contributed by atoms with Gasteiger partial charge in [0.15, 0.2) is 0 Å². The Labute approximate surface area is 127 Å². The van der Waals surface area contributed by atoms with Crippen molar-refractivity contribution in [2.45, 2.75) is 18.7 Å². The number of nitro groups is 1. The Hall–Kier alpha value is -1.36. The summed E-state index contributed by atoms with van der Waals surface area (Å²) < 4.78 is 49.8. The fraction of sp³-hybridized carbons (Fsp3) is 0.400. The second-order valence-corrected chi connectivity index (χ2v) is 6.95. The number of benzene rings is 1. The van der Waals surface area contributed by atoms with Crippen molar-refractivity contribution in [3.63, 3.8) is 0 Å². The van der Waals surface area contributed by atoms with E-state index in [1.165, 1.54) is 13.8 Å². The van der Waals surface area contributed by atoms with Crippen LogP contribution in [0.4, 0.5) is 5.69 Å². The third-order valence-corrected chi connectivity index (χ3v) is 4.98. The van der Waals surface area contributed by atoms with Crippen LogP contribution in [0.25, 0.3) is 0 Å². The van der Waals surface area contributed by atoms with Crippen LogP contribution in [0.1, 0.15) is 13.8 Å². The first kappa shape index (κ1) is 18.7. The van der Waals surface area contributed by atoms with E-state index in [2.05, 4.69) is 4.28 Å². The molecule has 12 heteroatoms. The molecule has 1 aromatic rings. The van der Waals surface area contributed by atoms with Gasteiger partial charge in [0.25, 0.3) is 5.69 Å². The molecule has 0 atom stereocenters. The topological polar surface area (TPSA) is 134 Å². The average molecular weight is 354 g/mol. The van der Waals surface area contributed by atoms with E-state index in [0.29, 0.717) is 0 Å². The van der Waals surface area contributed by atoms with Crippen molar-refractivity contribution < 1.29 is 31.2 Å². The van der Waals surface area contributed by atoms with Crippen molar-refractivity contribution in [2.75, 3.05) is 13.2 Å². The summed E-state index contributed by atoms with van der Waals surface area (Å²) in [6.07, 6.45) is 0. The van der Waals surface area contributed by atoms with E-state index in [1.807, 2.05) is 0 Å².